The van der Waals surface area contributed by atoms with Gasteiger partial charge in [-0.1, -0.05) is 78.5 Å². The Balaban J connectivity index is 1.60. The Kier molecular flexibility index (Phi) is 7.09. The fourth-order valence-corrected chi connectivity index (χ4v) is 5.16. The van der Waals surface area contributed by atoms with Crippen molar-refractivity contribution in [2.45, 2.75) is 17.5 Å². The molecule has 0 radical (unpaired) electrons. The van der Waals surface area contributed by atoms with Crippen LogP contribution in [0.25, 0.3) is 27.6 Å². The monoisotopic (exact) mass is 512 g/mol. The molecule has 0 amide bonds. The second-order valence-electron chi connectivity index (χ2n) is 8.25. The standard InChI is InChI=1S/C29H24N2O5S/c1-34-17-23(28(33)35-2)21-13-7-6-12-20(21)18-37-29-30-25-22-14-8-9-15-24(22)36-26(25)27(32)31(29)16-19-10-4-3-5-11-19/h3-15,17H,16,18H2,1-2H3/b23-17+. The van der Waals surface area contributed by atoms with Crippen LogP contribution in [0.15, 0.2) is 99.5 Å². The van der Waals surface area contributed by atoms with E-state index in [2.05, 4.69) is 0 Å². The van der Waals surface area contributed by atoms with Crippen molar-refractivity contribution < 1.29 is 18.7 Å². The first-order chi connectivity index (χ1) is 18.1. The molecule has 0 spiro atoms. The van der Waals surface area contributed by atoms with E-state index in [1.165, 1.54) is 32.2 Å². The summed E-state index contributed by atoms with van der Waals surface area (Å²) in [7, 11) is 2.82. The van der Waals surface area contributed by atoms with Crippen LogP contribution in [0, 0.1) is 0 Å². The first-order valence-electron chi connectivity index (χ1n) is 11.6. The molecule has 0 N–H and O–H groups in total. The molecular weight excluding hydrogens is 488 g/mol. The molecule has 0 fully saturated rings. The van der Waals surface area contributed by atoms with E-state index in [1.807, 2.05) is 78.9 Å². The SMILES string of the molecule is CO/C=C(/C(=O)OC)c1ccccc1CSc1nc2c(oc3ccccc32)c(=O)n1Cc1ccccc1. The van der Waals surface area contributed by atoms with Crippen LogP contribution in [-0.4, -0.2) is 29.7 Å². The highest BCUT2D eigenvalue weighted by Gasteiger charge is 2.20. The molecule has 0 saturated heterocycles. The Morgan fingerprint density at radius 1 is 1.00 bits per heavy atom. The van der Waals surface area contributed by atoms with Gasteiger partial charge < -0.3 is 13.9 Å². The summed E-state index contributed by atoms with van der Waals surface area (Å²) in [6.07, 6.45) is 1.38. The number of nitrogens with zero attached hydrogens (tertiary/aromatic N) is 2. The lowest BCUT2D eigenvalue weighted by Gasteiger charge is -2.14. The molecule has 2 heterocycles. The van der Waals surface area contributed by atoms with E-state index in [1.54, 1.807) is 4.57 Å². The number of furan rings is 1. The predicted octanol–water partition coefficient (Wildman–Crippen LogP) is 5.64. The number of esters is 1. The average Bonchev–Trinajstić information content (AvgIpc) is 3.31. The quantitative estimate of drug-likeness (QED) is 0.0874. The van der Waals surface area contributed by atoms with Crippen molar-refractivity contribution in [3.8, 4) is 0 Å². The van der Waals surface area contributed by atoms with Crippen LogP contribution in [0.1, 0.15) is 16.7 Å². The summed E-state index contributed by atoms with van der Waals surface area (Å²) in [5.74, 6) is -0.0405. The fourth-order valence-electron chi connectivity index (χ4n) is 4.17. The predicted molar refractivity (Wildman–Crippen MR) is 144 cm³/mol. The van der Waals surface area contributed by atoms with Crippen molar-refractivity contribution in [3.63, 3.8) is 0 Å². The highest BCUT2D eigenvalue weighted by Crippen LogP contribution is 2.31. The number of ether oxygens (including phenoxy) is 2. The third kappa shape index (κ3) is 4.88. The van der Waals surface area contributed by atoms with Crippen molar-refractivity contribution in [1.82, 2.24) is 9.55 Å². The lowest BCUT2D eigenvalue weighted by atomic mass is 10.0. The minimum Gasteiger partial charge on any atom is -0.503 e. The maximum absolute atomic E-state index is 13.7. The van der Waals surface area contributed by atoms with Crippen LogP contribution in [0.5, 0.6) is 0 Å². The lowest BCUT2D eigenvalue weighted by Crippen LogP contribution is -2.23. The Morgan fingerprint density at radius 3 is 2.51 bits per heavy atom. The molecule has 5 aromatic rings. The smallest absolute Gasteiger partial charge is 0.341 e. The lowest BCUT2D eigenvalue weighted by molar-refractivity contribution is -0.133. The molecule has 0 aliphatic heterocycles. The number of hydrogen-bond donors (Lipinski definition) is 0. The molecule has 8 heteroatoms. The molecule has 7 nitrogen and oxygen atoms in total. The maximum Gasteiger partial charge on any atom is 0.341 e. The third-order valence-corrected chi connectivity index (χ3v) is 6.96. The van der Waals surface area contributed by atoms with E-state index in [0.717, 1.165) is 16.5 Å². The summed E-state index contributed by atoms with van der Waals surface area (Å²) in [5, 5.41) is 1.35. The van der Waals surface area contributed by atoms with Gasteiger partial charge in [0.2, 0.25) is 5.58 Å². The normalized spacial score (nSPS) is 11.7. The molecule has 186 valence electrons. The summed E-state index contributed by atoms with van der Waals surface area (Å²) in [5.41, 5.74) is 4.00. The average molecular weight is 513 g/mol. The van der Waals surface area contributed by atoms with Crippen LogP contribution >= 0.6 is 11.8 Å². The van der Waals surface area contributed by atoms with Crippen LogP contribution < -0.4 is 5.56 Å². The largest absolute Gasteiger partial charge is 0.503 e. The number of fused-ring (bicyclic) bond motifs is 3. The van der Waals surface area contributed by atoms with Crippen LogP contribution in [-0.2, 0) is 26.6 Å². The van der Waals surface area contributed by atoms with Gasteiger partial charge in [-0.3, -0.25) is 9.36 Å². The van der Waals surface area contributed by atoms with Crippen LogP contribution in [0.4, 0.5) is 0 Å². The Morgan fingerprint density at radius 2 is 1.73 bits per heavy atom. The Labute approximate surface area is 217 Å². The number of aromatic nitrogens is 2. The zero-order valence-electron chi connectivity index (χ0n) is 20.3. The van der Waals surface area contributed by atoms with Gasteiger partial charge in [-0.15, -0.1) is 0 Å². The topological polar surface area (TPSA) is 83.6 Å². The molecule has 5 rings (SSSR count). The molecule has 0 saturated carbocycles. The van der Waals surface area contributed by atoms with E-state index in [9.17, 15) is 9.59 Å². The molecule has 0 aliphatic rings. The number of para-hydroxylation sites is 1. The van der Waals surface area contributed by atoms with E-state index < -0.39 is 5.97 Å². The second-order valence-corrected chi connectivity index (χ2v) is 9.19. The first kappa shape index (κ1) is 24.4. The molecule has 37 heavy (non-hydrogen) atoms. The van der Waals surface area contributed by atoms with Crippen molar-refractivity contribution in [2.75, 3.05) is 14.2 Å². The first-order valence-corrected chi connectivity index (χ1v) is 12.6. The number of benzene rings is 3. The minimum absolute atomic E-state index is 0.234. The van der Waals surface area contributed by atoms with E-state index in [4.69, 9.17) is 18.9 Å². The van der Waals surface area contributed by atoms with Gasteiger partial charge in [0.05, 0.1) is 27.0 Å². The summed E-state index contributed by atoms with van der Waals surface area (Å²) in [4.78, 5) is 31.0. The van der Waals surface area contributed by atoms with Gasteiger partial charge in [0.1, 0.15) is 16.7 Å². The van der Waals surface area contributed by atoms with Crippen LogP contribution in [0.3, 0.4) is 0 Å². The van der Waals surface area contributed by atoms with Gasteiger partial charge in [-0.25, -0.2) is 9.78 Å². The van der Waals surface area contributed by atoms with Gasteiger partial charge >= 0.3 is 5.97 Å². The number of thioether (sulfide) groups is 1. The maximum atomic E-state index is 13.7. The van der Waals surface area contributed by atoms with E-state index in [-0.39, 0.29) is 11.1 Å². The number of carbonyl (C=O) groups excluding carboxylic acids is 1. The van der Waals surface area contributed by atoms with Crippen LogP contribution in [0.2, 0.25) is 0 Å². The molecule has 3 aromatic carbocycles. The highest BCUT2D eigenvalue weighted by molar-refractivity contribution is 7.98. The Hall–Kier alpha value is -4.30. The Bertz CT molecular complexity index is 1670. The third-order valence-electron chi connectivity index (χ3n) is 5.94. The van der Waals surface area contributed by atoms with Crippen molar-refractivity contribution >= 4 is 45.4 Å². The molecule has 0 aliphatic carbocycles. The van der Waals surface area contributed by atoms with Crippen molar-refractivity contribution in [3.05, 3.63) is 112 Å². The second kappa shape index (κ2) is 10.8. The van der Waals surface area contributed by atoms with Gasteiger partial charge in [0.25, 0.3) is 5.56 Å². The van der Waals surface area contributed by atoms with E-state index in [0.29, 0.717) is 39.7 Å². The fraction of sp³-hybridized carbons (Fsp3) is 0.138. The number of rotatable bonds is 8. The minimum atomic E-state index is -0.496. The van der Waals surface area contributed by atoms with Gasteiger partial charge in [-0.05, 0) is 28.8 Å². The van der Waals surface area contributed by atoms with Crippen molar-refractivity contribution in [1.29, 1.82) is 0 Å². The van der Waals surface area contributed by atoms with Crippen molar-refractivity contribution in [2.24, 2.45) is 0 Å². The molecule has 0 atom stereocenters. The molecule has 2 aromatic heterocycles. The molecule has 0 bridgehead atoms. The van der Waals surface area contributed by atoms with Gasteiger partial charge in [0.15, 0.2) is 5.16 Å². The van der Waals surface area contributed by atoms with E-state index >= 15 is 0 Å². The summed E-state index contributed by atoms with van der Waals surface area (Å²) in [6.45, 7) is 0.348. The summed E-state index contributed by atoms with van der Waals surface area (Å²) >= 11 is 1.42. The zero-order chi connectivity index (χ0) is 25.8. The summed E-state index contributed by atoms with van der Waals surface area (Å²) < 4.78 is 17.7. The number of hydrogen-bond acceptors (Lipinski definition) is 7. The summed E-state index contributed by atoms with van der Waals surface area (Å²) in [6, 6.07) is 24.8. The molecule has 0 unspecified atom stereocenters. The number of methoxy groups -OCH3 is 2. The van der Waals surface area contributed by atoms with Gasteiger partial charge in [-0.2, -0.15) is 0 Å². The highest BCUT2D eigenvalue weighted by atomic mass is 32.2. The van der Waals surface area contributed by atoms with Gasteiger partial charge in [0, 0.05) is 11.1 Å². The number of carbonyl (C=O) groups is 1. The molecular formula is C29H24N2O5S. The zero-order valence-corrected chi connectivity index (χ0v) is 21.2.